The van der Waals surface area contributed by atoms with Gasteiger partial charge in [-0.1, -0.05) is 13.3 Å². The van der Waals surface area contributed by atoms with E-state index in [1.807, 2.05) is 18.2 Å². The summed E-state index contributed by atoms with van der Waals surface area (Å²) in [6, 6.07) is 10.4. The Hall–Kier alpha value is -3.07. The number of halogens is 1. The molecule has 2 aromatic carbocycles. The molecule has 0 bridgehead atoms. The summed E-state index contributed by atoms with van der Waals surface area (Å²) >= 11 is 3.46. The minimum absolute atomic E-state index is 0.131. The van der Waals surface area contributed by atoms with E-state index in [0.717, 1.165) is 28.6 Å². The first kappa shape index (κ1) is 21.6. The number of nitrogens with one attached hydrogen (secondary N) is 2. The fraction of sp³-hybridized carbons (Fsp3) is 0.286. The monoisotopic (exact) mass is 475 g/mol. The molecule has 1 aliphatic rings. The van der Waals surface area contributed by atoms with Crippen molar-refractivity contribution in [1.29, 1.82) is 0 Å². The number of unbranched alkanes of at least 4 members (excludes halogenated alkanes) is 1. The molecule has 9 heteroatoms. The Kier molecular flexibility index (Phi) is 7.67. The Bertz CT molecular complexity index is 948. The summed E-state index contributed by atoms with van der Waals surface area (Å²) in [4.78, 5) is 24.1. The molecule has 0 spiro atoms. The lowest BCUT2D eigenvalue weighted by Gasteiger charge is -2.08. The van der Waals surface area contributed by atoms with E-state index in [1.165, 1.54) is 6.21 Å². The molecule has 0 aromatic heterocycles. The van der Waals surface area contributed by atoms with Crippen molar-refractivity contribution in [1.82, 2.24) is 10.7 Å². The van der Waals surface area contributed by atoms with Crippen molar-refractivity contribution >= 4 is 34.0 Å². The molecular formula is C21H22BrN3O5. The second-order valence-electron chi connectivity index (χ2n) is 6.44. The standard InChI is InChI=1S/C21H22BrN3O5/c1-2-3-8-28-17-6-4-14(9-16(17)22)11-24-25-20(26)12-23-21(27)15-5-7-18-19(10-15)30-13-29-18/h4-7,9-11H,2-3,8,12-13H2,1H3,(H,23,27)(H,25,26). The van der Waals surface area contributed by atoms with Gasteiger partial charge in [-0.15, -0.1) is 0 Å². The van der Waals surface area contributed by atoms with Crippen molar-refractivity contribution in [3.8, 4) is 17.2 Å². The van der Waals surface area contributed by atoms with Gasteiger partial charge >= 0.3 is 0 Å². The fourth-order valence-electron chi connectivity index (χ4n) is 2.56. The second-order valence-corrected chi connectivity index (χ2v) is 7.29. The summed E-state index contributed by atoms with van der Waals surface area (Å²) in [6.07, 6.45) is 3.57. The lowest BCUT2D eigenvalue weighted by atomic mass is 10.2. The van der Waals surface area contributed by atoms with E-state index >= 15 is 0 Å². The summed E-state index contributed by atoms with van der Waals surface area (Å²) in [5.74, 6) is 1.01. The maximum Gasteiger partial charge on any atom is 0.259 e. The number of ether oxygens (including phenoxy) is 3. The zero-order valence-corrected chi connectivity index (χ0v) is 18.0. The van der Waals surface area contributed by atoms with Crippen molar-refractivity contribution in [2.24, 2.45) is 5.10 Å². The van der Waals surface area contributed by atoms with Gasteiger partial charge in [0, 0.05) is 5.56 Å². The Labute approximate surface area is 182 Å². The van der Waals surface area contributed by atoms with Crippen LogP contribution in [0.5, 0.6) is 17.2 Å². The predicted molar refractivity (Wildman–Crippen MR) is 115 cm³/mol. The van der Waals surface area contributed by atoms with E-state index in [2.05, 4.69) is 38.7 Å². The van der Waals surface area contributed by atoms with Crippen molar-refractivity contribution in [2.75, 3.05) is 19.9 Å². The van der Waals surface area contributed by atoms with Crippen molar-refractivity contribution < 1.29 is 23.8 Å². The third-order valence-corrected chi connectivity index (χ3v) is 4.78. The maximum atomic E-state index is 12.2. The van der Waals surface area contributed by atoms with Gasteiger partial charge in [0.2, 0.25) is 6.79 Å². The molecule has 0 fully saturated rings. The first-order valence-corrected chi connectivity index (χ1v) is 10.3. The van der Waals surface area contributed by atoms with Gasteiger partial charge in [0.1, 0.15) is 5.75 Å². The quantitative estimate of drug-likeness (QED) is 0.329. The molecule has 0 aliphatic carbocycles. The number of rotatable bonds is 9. The van der Waals surface area contributed by atoms with Crippen molar-refractivity contribution in [2.45, 2.75) is 19.8 Å². The van der Waals surface area contributed by atoms with Crippen LogP contribution in [-0.2, 0) is 4.79 Å². The maximum absolute atomic E-state index is 12.2. The molecule has 30 heavy (non-hydrogen) atoms. The van der Waals surface area contributed by atoms with Gasteiger partial charge in [-0.2, -0.15) is 5.10 Å². The Balaban J connectivity index is 1.44. The fourth-order valence-corrected chi connectivity index (χ4v) is 3.07. The first-order valence-electron chi connectivity index (χ1n) is 9.49. The summed E-state index contributed by atoms with van der Waals surface area (Å²) in [5.41, 5.74) is 3.54. The number of hydrazone groups is 1. The predicted octanol–water partition coefficient (Wildman–Crippen LogP) is 3.24. The van der Waals surface area contributed by atoms with Crippen LogP contribution in [0, 0.1) is 0 Å². The molecule has 158 valence electrons. The van der Waals surface area contributed by atoms with E-state index in [4.69, 9.17) is 14.2 Å². The third-order valence-electron chi connectivity index (χ3n) is 4.16. The van der Waals surface area contributed by atoms with Gasteiger partial charge in [0.05, 0.1) is 23.8 Å². The second kappa shape index (κ2) is 10.6. The van der Waals surface area contributed by atoms with E-state index in [-0.39, 0.29) is 13.3 Å². The van der Waals surface area contributed by atoms with Crippen LogP contribution in [0.2, 0.25) is 0 Å². The van der Waals surface area contributed by atoms with Gasteiger partial charge in [-0.05, 0) is 64.3 Å². The van der Waals surface area contributed by atoms with Crippen LogP contribution in [0.25, 0.3) is 0 Å². The highest BCUT2D eigenvalue weighted by Gasteiger charge is 2.16. The molecule has 0 saturated carbocycles. The van der Waals surface area contributed by atoms with E-state index in [9.17, 15) is 9.59 Å². The molecule has 0 atom stereocenters. The highest BCUT2D eigenvalue weighted by Crippen LogP contribution is 2.32. The van der Waals surface area contributed by atoms with Crippen molar-refractivity contribution in [3.05, 3.63) is 52.0 Å². The number of nitrogens with zero attached hydrogens (tertiary/aromatic N) is 1. The van der Waals surface area contributed by atoms with Gasteiger partial charge in [0.15, 0.2) is 11.5 Å². The van der Waals surface area contributed by atoms with E-state index in [0.29, 0.717) is 23.7 Å². The minimum atomic E-state index is -0.445. The summed E-state index contributed by atoms with van der Waals surface area (Å²) in [5, 5.41) is 6.45. The lowest BCUT2D eigenvalue weighted by Crippen LogP contribution is -2.34. The molecular weight excluding hydrogens is 454 g/mol. The number of benzene rings is 2. The molecule has 0 unspecified atom stereocenters. The molecule has 2 amide bonds. The average molecular weight is 476 g/mol. The largest absolute Gasteiger partial charge is 0.492 e. The third kappa shape index (κ3) is 5.96. The Morgan fingerprint density at radius 2 is 2.03 bits per heavy atom. The molecule has 3 rings (SSSR count). The number of carbonyl (C=O) groups excluding carboxylic acids is 2. The highest BCUT2D eigenvalue weighted by molar-refractivity contribution is 9.10. The minimum Gasteiger partial charge on any atom is -0.492 e. The van der Waals surface area contributed by atoms with Gasteiger partial charge in [-0.3, -0.25) is 9.59 Å². The normalized spacial score (nSPS) is 12.1. The highest BCUT2D eigenvalue weighted by atomic mass is 79.9. The van der Waals surface area contributed by atoms with Crippen LogP contribution >= 0.6 is 15.9 Å². The molecule has 0 radical (unpaired) electrons. The van der Waals surface area contributed by atoms with Gasteiger partial charge in [0.25, 0.3) is 11.8 Å². The van der Waals surface area contributed by atoms with Crippen molar-refractivity contribution in [3.63, 3.8) is 0 Å². The lowest BCUT2D eigenvalue weighted by molar-refractivity contribution is -0.120. The average Bonchev–Trinajstić information content (AvgIpc) is 3.21. The van der Waals surface area contributed by atoms with E-state index in [1.54, 1.807) is 18.2 Å². The van der Waals surface area contributed by atoms with E-state index < -0.39 is 11.8 Å². The van der Waals surface area contributed by atoms with Crippen LogP contribution in [-0.4, -0.2) is 38.0 Å². The first-order chi connectivity index (χ1) is 14.6. The number of fused-ring (bicyclic) bond motifs is 1. The molecule has 2 N–H and O–H groups in total. The number of hydrogen-bond acceptors (Lipinski definition) is 6. The van der Waals surface area contributed by atoms with Crippen LogP contribution in [0.1, 0.15) is 35.7 Å². The number of amides is 2. The topological polar surface area (TPSA) is 98.2 Å². The SMILES string of the molecule is CCCCOc1ccc(C=NNC(=O)CNC(=O)c2ccc3c(c2)OCO3)cc1Br. The number of hydrogen-bond donors (Lipinski definition) is 2. The smallest absolute Gasteiger partial charge is 0.259 e. The molecule has 8 nitrogen and oxygen atoms in total. The number of carbonyl (C=O) groups is 2. The summed E-state index contributed by atoms with van der Waals surface area (Å²) in [6.45, 7) is 2.69. The Morgan fingerprint density at radius 3 is 2.83 bits per heavy atom. The van der Waals surface area contributed by atoms with Crippen LogP contribution < -0.4 is 25.0 Å². The zero-order valence-electron chi connectivity index (χ0n) is 16.4. The molecule has 1 heterocycles. The molecule has 1 aliphatic heterocycles. The van der Waals surface area contributed by atoms with Gasteiger partial charge < -0.3 is 19.5 Å². The molecule has 2 aromatic rings. The van der Waals surface area contributed by atoms with Gasteiger partial charge in [-0.25, -0.2) is 5.43 Å². The Morgan fingerprint density at radius 1 is 1.20 bits per heavy atom. The van der Waals surface area contributed by atoms with Crippen LogP contribution in [0.15, 0.2) is 46.0 Å². The zero-order chi connectivity index (χ0) is 21.3. The summed E-state index contributed by atoms with van der Waals surface area (Å²) < 4.78 is 16.9. The summed E-state index contributed by atoms with van der Waals surface area (Å²) in [7, 11) is 0. The van der Waals surface area contributed by atoms with Crippen LogP contribution in [0.4, 0.5) is 0 Å². The molecule has 0 saturated heterocycles. The van der Waals surface area contributed by atoms with Crippen LogP contribution in [0.3, 0.4) is 0 Å².